The van der Waals surface area contributed by atoms with Crippen LogP contribution in [-0.2, 0) is 6.42 Å². The van der Waals surface area contributed by atoms with Crippen LogP contribution in [0, 0.1) is 11.8 Å². The summed E-state index contributed by atoms with van der Waals surface area (Å²) >= 11 is 0. The first-order chi connectivity index (χ1) is 11.5. The molecule has 0 radical (unpaired) electrons. The van der Waals surface area contributed by atoms with Crippen molar-refractivity contribution in [1.82, 2.24) is 0 Å². The normalized spacial score (nSPS) is 31.4. The first-order valence-corrected chi connectivity index (χ1v) is 10.1. The number of hydrogen-bond acceptors (Lipinski definition) is 2. The summed E-state index contributed by atoms with van der Waals surface area (Å²) < 4.78 is 6.58. The Hall–Kier alpha value is -1.18. The molecule has 1 saturated carbocycles. The Morgan fingerprint density at radius 3 is 2.62 bits per heavy atom. The fourth-order valence-electron chi connectivity index (χ4n) is 5.38. The maximum absolute atomic E-state index is 10.8. The lowest BCUT2D eigenvalue weighted by Gasteiger charge is -2.45. The summed E-state index contributed by atoms with van der Waals surface area (Å²) in [5.74, 6) is 3.11. The summed E-state index contributed by atoms with van der Waals surface area (Å²) in [7, 11) is 0. The summed E-state index contributed by atoms with van der Waals surface area (Å²) in [6.45, 7) is 9.10. The van der Waals surface area contributed by atoms with Crippen molar-refractivity contribution in [2.24, 2.45) is 11.8 Å². The Morgan fingerprint density at radius 1 is 1.17 bits per heavy atom. The first-order valence-electron chi connectivity index (χ1n) is 10.1. The molecule has 0 aromatic heterocycles. The molecular formula is C22H34O2. The fraction of sp³-hybridized carbons (Fsp3) is 0.727. The third-order valence-corrected chi connectivity index (χ3v) is 6.59. The van der Waals surface area contributed by atoms with Crippen LogP contribution in [0.1, 0.15) is 89.7 Å². The van der Waals surface area contributed by atoms with Crippen molar-refractivity contribution >= 4 is 0 Å². The smallest absolute Gasteiger partial charge is 0.127 e. The van der Waals surface area contributed by atoms with Crippen molar-refractivity contribution < 1.29 is 9.84 Å². The molecular weight excluding hydrogens is 296 g/mol. The van der Waals surface area contributed by atoms with Gasteiger partial charge in [0.2, 0.25) is 0 Å². The van der Waals surface area contributed by atoms with Gasteiger partial charge in [0.15, 0.2) is 0 Å². The van der Waals surface area contributed by atoms with E-state index in [4.69, 9.17) is 4.74 Å². The summed E-state index contributed by atoms with van der Waals surface area (Å²) in [6, 6.07) is 4.22. The van der Waals surface area contributed by atoms with E-state index in [2.05, 4.69) is 33.8 Å². The highest BCUT2D eigenvalue weighted by atomic mass is 16.5. The van der Waals surface area contributed by atoms with E-state index in [0.717, 1.165) is 36.5 Å². The lowest BCUT2D eigenvalue weighted by Crippen LogP contribution is -2.45. The van der Waals surface area contributed by atoms with Crippen LogP contribution in [0.5, 0.6) is 11.5 Å². The van der Waals surface area contributed by atoms with Gasteiger partial charge in [-0.15, -0.1) is 0 Å². The number of aromatic hydroxyl groups is 1. The molecule has 4 atom stereocenters. The van der Waals surface area contributed by atoms with E-state index in [1.807, 2.05) is 6.07 Å². The number of hydrogen-bond donors (Lipinski definition) is 1. The maximum Gasteiger partial charge on any atom is 0.127 e. The van der Waals surface area contributed by atoms with E-state index in [1.54, 1.807) is 0 Å². The summed E-state index contributed by atoms with van der Waals surface area (Å²) in [5, 5.41) is 10.8. The van der Waals surface area contributed by atoms with Crippen molar-refractivity contribution in [2.45, 2.75) is 90.6 Å². The van der Waals surface area contributed by atoms with Gasteiger partial charge in [0, 0.05) is 11.5 Å². The van der Waals surface area contributed by atoms with Crippen molar-refractivity contribution in [3.05, 3.63) is 23.3 Å². The average molecular weight is 331 g/mol. The Kier molecular flexibility index (Phi) is 5.13. The number of rotatable bonds is 6. The van der Waals surface area contributed by atoms with Gasteiger partial charge in [-0.3, -0.25) is 0 Å². The van der Waals surface area contributed by atoms with E-state index in [-0.39, 0.29) is 5.60 Å². The van der Waals surface area contributed by atoms with E-state index in [9.17, 15) is 5.11 Å². The zero-order chi connectivity index (χ0) is 17.3. The maximum atomic E-state index is 10.8. The summed E-state index contributed by atoms with van der Waals surface area (Å²) in [4.78, 5) is 0. The highest BCUT2D eigenvalue weighted by molar-refractivity contribution is 5.52. The predicted octanol–water partition coefficient (Wildman–Crippen LogP) is 6.21. The molecule has 1 aromatic carbocycles. The second-order valence-corrected chi connectivity index (χ2v) is 8.15. The zero-order valence-corrected chi connectivity index (χ0v) is 15.9. The van der Waals surface area contributed by atoms with Crippen molar-refractivity contribution in [3.63, 3.8) is 0 Å². The molecule has 1 aliphatic carbocycles. The van der Waals surface area contributed by atoms with Crippen LogP contribution in [-0.4, -0.2) is 10.7 Å². The van der Waals surface area contributed by atoms with Crippen LogP contribution in [0.4, 0.5) is 0 Å². The summed E-state index contributed by atoms with van der Waals surface area (Å²) in [6.07, 6.45) is 9.38. The second kappa shape index (κ2) is 6.98. The monoisotopic (exact) mass is 330 g/mol. The molecule has 0 amide bonds. The molecule has 24 heavy (non-hydrogen) atoms. The number of phenolic OH excluding ortho intramolecular Hbond substituents is 1. The number of fused-ring (bicyclic) bond motifs is 2. The molecule has 1 heterocycles. The molecule has 1 N–H and O–H groups in total. The molecule has 0 saturated heterocycles. The summed E-state index contributed by atoms with van der Waals surface area (Å²) in [5.41, 5.74) is 2.25. The molecule has 0 spiro atoms. The van der Waals surface area contributed by atoms with Crippen molar-refractivity contribution in [1.29, 1.82) is 0 Å². The van der Waals surface area contributed by atoms with E-state index >= 15 is 0 Å². The molecule has 0 bridgehead atoms. The minimum absolute atomic E-state index is 0.0527. The number of phenols is 1. The van der Waals surface area contributed by atoms with Crippen LogP contribution in [0.25, 0.3) is 0 Å². The third kappa shape index (κ3) is 2.93. The van der Waals surface area contributed by atoms with Gasteiger partial charge >= 0.3 is 0 Å². The molecule has 1 aliphatic heterocycles. The number of unbranched alkanes of at least 4 members (excludes halogenated alkanes) is 2. The van der Waals surface area contributed by atoms with Crippen molar-refractivity contribution in [3.8, 4) is 11.5 Å². The Labute approximate surface area is 147 Å². The van der Waals surface area contributed by atoms with Gasteiger partial charge in [0.25, 0.3) is 0 Å². The van der Waals surface area contributed by atoms with Crippen LogP contribution in [0.3, 0.4) is 0 Å². The average Bonchev–Trinajstić information content (AvgIpc) is 2.89. The minimum Gasteiger partial charge on any atom is -0.508 e. The van der Waals surface area contributed by atoms with Gasteiger partial charge in [-0.1, -0.05) is 40.0 Å². The highest BCUT2D eigenvalue weighted by Gasteiger charge is 2.53. The van der Waals surface area contributed by atoms with E-state index in [0.29, 0.717) is 17.6 Å². The minimum atomic E-state index is -0.0527. The standard InChI is InChI=1S/C22H34O2/c1-5-8-9-10-15-13-18(23)20-17(7-3)21-16(6-2)11-12-22(21,4)24-19(20)14-15/h13-14,16-17,21,23H,5-12H2,1-4H3/t16?,17-,21-,22-/m1/s1. The van der Waals surface area contributed by atoms with E-state index < -0.39 is 0 Å². The van der Waals surface area contributed by atoms with Crippen molar-refractivity contribution in [2.75, 3.05) is 0 Å². The zero-order valence-electron chi connectivity index (χ0n) is 15.9. The van der Waals surface area contributed by atoms with Gasteiger partial charge < -0.3 is 9.84 Å². The molecule has 1 aromatic rings. The third-order valence-electron chi connectivity index (χ3n) is 6.59. The largest absolute Gasteiger partial charge is 0.508 e. The Balaban J connectivity index is 1.96. The van der Waals surface area contributed by atoms with Crippen LogP contribution < -0.4 is 4.74 Å². The van der Waals surface area contributed by atoms with Gasteiger partial charge in [0.05, 0.1) is 0 Å². The quantitative estimate of drug-likeness (QED) is 0.629. The van der Waals surface area contributed by atoms with Gasteiger partial charge in [-0.05, 0) is 68.6 Å². The van der Waals surface area contributed by atoms with E-state index in [1.165, 1.54) is 37.7 Å². The van der Waals surface area contributed by atoms with Crippen LogP contribution in [0.15, 0.2) is 12.1 Å². The predicted molar refractivity (Wildman–Crippen MR) is 99.9 cm³/mol. The lowest BCUT2D eigenvalue weighted by molar-refractivity contribution is 0.000948. The molecule has 1 unspecified atom stereocenters. The van der Waals surface area contributed by atoms with Crippen LogP contribution in [0.2, 0.25) is 0 Å². The molecule has 2 heteroatoms. The van der Waals surface area contributed by atoms with Gasteiger partial charge in [0.1, 0.15) is 17.1 Å². The molecule has 134 valence electrons. The fourth-order valence-corrected chi connectivity index (χ4v) is 5.38. The molecule has 2 nitrogen and oxygen atoms in total. The number of aryl methyl sites for hydroxylation is 1. The van der Waals surface area contributed by atoms with Gasteiger partial charge in [-0.25, -0.2) is 0 Å². The van der Waals surface area contributed by atoms with Gasteiger partial charge in [-0.2, -0.15) is 0 Å². The SMILES string of the molecule is CCCCCc1cc(O)c2c(c1)O[C@]1(C)CCC(CC)[C@@H]1[C@@H]2CC. The second-order valence-electron chi connectivity index (χ2n) is 8.15. The number of benzene rings is 1. The molecule has 1 fully saturated rings. The topological polar surface area (TPSA) is 29.5 Å². The molecule has 3 rings (SSSR count). The Bertz CT molecular complexity index is 580. The first kappa shape index (κ1) is 17.6. The molecule has 2 aliphatic rings. The number of ether oxygens (including phenoxy) is 1. The lowest BCUT2D eigenvalue weighted by atomic mass is 9.69. The van der Waals surface area contributed by atoms with Crippen LogP contribution >= 0.6 is 0 Å². The highest BCUT2D eigenvalue weighted by Crippen LogP contribution is 2.58. The Morgan fingerprint density at radius 2 is 1.96 bits per heavy atom.